The van der Waals surface area contributed by atoms with Gasteiger partial charge < -0.3 is 24.3 Å². The topological polar surface area (TPSA) is 83.1 Å². The summed E-state index contributed by atoms with van der Waals surface area (Å²) < 4.78 is 21.5. The van der Waals surface area contributed by atoms with E-state index in [1.807, 2.05) is 13.8 Å². The van der Waals surface area contributed by atoms with Crippen molar-refractivity contribution in [2.45, 2.75) is 33.3 Å². The molecule has 0 aromatic heterocycles. The Morgan fingerprint density at radius 1 is 1.00 bits per heavy atom. The lowest BCUT2D eigenvalue weighted by molar-refractivity contribution is -0.123. The average Bonchev–Trinajstić information content (AvgIpc) is 2.73. The van der Waals surface area contributed by atoms with Crippen LogP contribution in [0.4, 0.5) is 5.69 Å². The zero-order chi connectivity index (χ0) is 21.2. The summed E-state index contributed by atoms with van der Waals surface area (Å²) >= 11 is 0. The molecule has 2 rings (SSSR count). The Morgan fingerprint density at radius 2 is 1.72 bits per heavy atom. The molecule has 7 heteroatoms. The van der Waals surface area contributed by atoms with Gasteiger partial charge in [0.25, 0.3) is 5.91 Å². The second-order valence-electron chi connectivity index (χ2n) is 6.21. The number of rotatable bonds is 10. The van der Waals surface area contributed by atoms with Crippen LogP contribution in [0.1, 0.15) is 37.6 Å². The smallest absolute Gasteiger partial charge is 0.339 e. The summed E-state index contributed by atoms with van der Waals surface area (Å²) in [4.78, 5) is 24.7. The highest BCUT2D eigenvalue weighted by Crippen LogP contribution is 2.28. The molecule has 0 bridgehead atoms. The summed E-state index contributed by atoms with van der Waals surface area (Å²) in [6, 6.07) is 11.7. The van der Waals surface area contributed by atoms with E-state index < -0.39 is 18.0 Å². The third-order valence-corrected chi connectivity index (χ3v) is 3.95. The van der Waals surface area contributed by atoms with Crippen LogP contribution in [0.3, 0.4) is 0 Å². The van der Waals surface area contributed by atoms with Gasteiger partial charge >= 0.3 is 5.97 Å². The molecule has 0 spiro atoms. The lowest BCUT2D eigenvalue weighted by Gasteiger charge is -2.15. The molecule has 7 nitrogen and oxygen atoms in total. The van der Waals surface area contributed by atoms with E-state index in [-0.39, 0.29) is 5.56 Å². The molecule has 1 amide bonds. The van der Waals surface area contributed by atoms with Gasteiger partial charge in [-0.1, -0.05) is 6.92 Å². The first-order valence-electron chi connectivity index (χ1n) is 9.54. The predicted octanol–water partition coefficient (Wildman–Crippen LogP) is 4.07. The van der Waals surface area contributed by atoms with Gasteiger partial charge in [-0.05, 0) is 62.7 Å². The van der Waals surface area contributed by atoms with Gasteiger partial charge in [-0.2, -0.15) is 0 Å². The highest BCUT2D eigenvalue weighted by Gasteiger charge is 2.20. The van der Waals surface area contributed by atoms with Crippen LogP contribution in [-0.2, 0) is 9.53 Å². The molecule has 0 heterocycles. The third-order valence-electron chi connectivity index (χ3n) is 3.95. The van der Waals surface area contributed by atoms with Crippen LogP contribution in [0.5, 0.6) is 17.2 Å². The summed E-state index contributed by atoms with van der Waals surface area (Å²) in [6.07, 6.45) is -0.121. The molecule has 1 atom stereocenters. The molecule has 0 radical (unpaired) electrons. The summed E-state index contributed by atoms with van der Waals surface area (Å²) in [7, 11) is 1.50. The molecule has 0 aliphatic carbocycles. The number of benzene rings is 2. The fourth-order valence-corrected chi connectivity index (χ4v) is 2.45. The number of carbonyl (C=O) groups is 2. The Bertz CT molecular complexity index is 819. The van der Waals surface area contributed by atoms with E-state index >= 15 is 0 Å². The predicted molar refractivity (Wildman–Crippen MR) is 110 cm³/mol. The molecule has 0 saturated carbocycles. The molecule has 156 valence electrons. The van der Waals surface area contributed by atoms with Gasteiger partial charge in [0, 0.05) is 5.69 Å². The fraction of sp³-hybridized carbons (Fsp3) is 0.364. The number of hydrogen-bond acceptors (Lipinski definition) is 6. The Kier molecular flexibility index (Phi) is 8.33. The van der Waals surface area contributed by atoms with Gasteiger partial charge in [-0.15, -0.1) is 0 Å². The van der Waals surface area contributed by atoms with Crippen molar-refractivity contribution in [2.24, 2.45) is 0 Å². The van der Waals surface area contributed by atoms with Gasteiger partial charge in [0.15, 0.2) is 17.6 Å². The maximum atomic E-state index is 12.4. The summed E-state index contributed by atoms with van der Waals surface area (Å²) in [5.74, 6) is 0.633. The van der Waals surface area contributed by atoms with Crippen LogP contribution in [-0.4, -0.2) is 38.3 Å². The van der Waals surface area contributed by atoms with Crippen molar-refractivity contribution in [3.8, 4) is 17.2 Å². The number of methoxy groups -OCH3 is 1. The van der Waals surface area contributed by atoms with Crippen molar-refractivity contribution in [3.63, 3.8) is 0 Å². The number of hydrogen-bond donors (Lipinski definition) is 1. The zero-order valence-corrected chi connectivity index (χ0v) is 17.2. The lowest BCUT2D eigenvalue weighted by atomic mass is 10.2. The molecule has 2 aromatic rings. The molecule has 0 fully saturated rings. The minimum absolute atomic E-state index is 0.270. The number of nitrogens with one attached hydrogen (secondary N) is 1. The number of esters is 1. The van der Waals surface area contributed by atoms with E-state index in [9.17, 15) is 9.59 Å². The van der Waals surface area contributed by atoms with Gasteiger partial charge in [-0.3, -0.25) is 4.79 Å². The molecule has 1 N–H and O–H groups in total. The summed E-state index contributed by atoms with van der Waals surface area (Å²) in [5.41, 5.74) is 0.854. The van der Waals surface area contributed by atoms with Crippen LogP contribution < -0.4 is 19.5 Å². The molecular formula is C22H27NO6. The Hall–Kier alpha value is -3.22. The lowest BCUT2D eigenvalue weighted by Crippen LogP contribution is -2.30. The molecule has 2 aromatic carbocycles. The van der Waals surface area contributed by atoms with E-state index in [1.54, 1.807) is 36.4 Å². The number of amides is 1. The van der Waals surface area contributed by atoms with Crippen LogP contribution in [0, 0.1) is 0 Å². The molecular weight excluding hydrogens is 374 g/mol. The largest absolute Gasteiger partial charge is 0.494 e. The molecule has 0 saturated heterocycles. The van der Waals surface area contributed by atoms with Gasteiger partial charge in [0.2, 0.25) is 0 Å². The normalized spacial score (nSPS) is 11.3. The maximum absolute atomic E-state index is 12.4. The van der Waals surface area contributed by atoms with E-state index in [2.05, 4.69) is 5.32 Å². The van der Waals surface area contributed by atoms with Crippen molar-refractivity contribution in [3.05, 3.63) is 48.0 Å². The monoisotopic (exact) mass is 401 g/mol. The van der Waals surface area contributed by atoms with Crippen molar-refractivity contribution in [2.75, 3.05) is 25.6 Å². The van der Waals surface area contributed by atoms with E-state index in [1.165, 1.54) is 20.1 Å². The van der Waals surface area contributed by atoms with Crippen molar-refractivity contribution in [1.82, 2.24) is 0 Å². The van der Waals surface area contributed by atoms with Crippen molar-refractivity contribution in [1.29, 1.82) is 0 Å². The zero-order valence-electron chi connectivity index (χ0n) is 17.2. The van der Waals surface area contributed by atoms with Gasteiger partial charge in [-0.25, -0.2) is 4.79 Å². The Balaban J connectivity index is 1.97. The van der Waals surface area contributed by atoms with Crippen molar-refractivity contribution < 1.29 is 28.5 Å². The first-order valence-corrected chi connectivity index (χ1v) is 9.54. The molecule has 29 heavy (non-hydrogen) atoms. The maximum Gasteiger partial charge on any atom is 0.339 e. The highest BCUT2D eigenvalue weighted by atomic mass is 16.5. The second-order valence-corrected chi connectivity index (χ2v) is 6.21. The molecule has 0 aliphatic heterocycles. The quantitative estimate of drug-likeness (QED) is 0.605. The standard InChI is InChI=1S/C22H27NO6/c1-5-13-28-19-12-7-16(14-20(19)26-4)22(25)29-15(3)21(24)23-17-8-10-18(11-9-17)27-6-2/h7-12,14-15H,5-6,13H2,1-4H3,(H,23,24). The molecule has 1 unspecified atom stereocenters. The minimum atomic E-state index is -0.976. The summed E-state index contributed by atoms with van der Waals surface area (Å²) in [6.45, 7) is 6.51. The minimum Gasteiger partial charge on any atom is -0.494 e. The number of anilines is 1. The number of ether oxygens (including phenoxy) is 4. The Labute approximate surface area is 170 Å². The third kappa shape index (κ3) is 6.41. The molecule has 0 aliphatic rings. The van der Waals surface area contributed by atoms with Crippen LogP contribution >= 0.6 is 0 Å². The van der Waals surface area contributed by atoms with Crippen LogP contribution in [0.15, 0.2) is 42.5 Å². The first-order chi connectivity index (χ1) is 14.0. The Morgan fingerprint density at radius 3 is 2.34 bits per heavy atom. The SMILES string of the molecule is CCCOc1ccc(C(=O)OC(C)C(=O)Nc2ccc(OCC)cc2)cc1OC. The second kappa shape index (κ2) is 10.9. The summed E-state index contributed by atoms with van der Waals surface area (Å²) in [5, 5.41) is 2.71. The fourth-order valence-electron chi connectivity index (χ4n) is 2.45. The van der Waals surface area contributed by atoms with E-state index in [0.29, 0.717) is 36.1 Å². The van der Waals surface area contributed by atoms with Crippen molar-refractivity contribution >= 4 is 17.6 Å². The van der Waals surface area contributed by atoms with E-state index in [4.69, 9.17) is 18.9 Å². The van der Waals surface area contributed by atoms with Crippen LogP contribution in [0.25, 0.3) is 0 Å². The van der Waals surface area contributed by atoms with E-state index in [0.717, 1.165) is 6.42 Å². The highest BCUT2D eigenvalue weighted by molar-refractivity contribution is 5.97. The average molecular weight is 401 g/mol. The first kappa shape index (κ1) is 22.1. The van der Waals surface area contributed by atoms with Gasteiger partial charge in [0.1, 0.15) is 5.75 Å². The number of carbonyl (C=O) groups excluding carboxylic acids is 2. The van der Waals surface area contributed by atoms with Crippen LogP contribution in [0.2, 0.25) is 0 Å². The van der Waals surface area contributed by atoms with Gasteiger partial charge in [0.05, 0.1) is 25.9 Å².